The van der Waals surface area contributed by atoms with Crippen molar-refractivity contribution in [2.75, 3.05) is 35.5 Å². The van der Waals surface area contributed by atoms with Crippen LogP contribution in [0.5, 0.6) is 23.0 Å². The molecule has 2 amide bonds. The molecular formula is C28H36N2O6. The summed E-state index contributed by atoms with van der Waals surface area (Å²) in [4.78, 5) is 29.3. The summed E-state index contributed by atoms with van der Waals surface area (Å²) in [5, 5.41) is 3.32. The largest absolute Gasteiger partial charge is 0.493 e. The van der Waals surface area contributed by atoms with Crippen molar-refractivity contribution in [3.8, 4) is 23.0 Å². The highest BCUT2D eigenvalue weighted by molar-refractivity contribution is 6.02. The summed E-state index contributed by atoms with van der Waals surface area (Å²) in [5.74, 6) is 1.11. The first-order valence-electron chi connectivity index (χ1n) is 12.5. The van der Waals surface area contributed by atoms with Crippen molar-refractivity contribution in [2.24, 2.45) is 0 Å². The molecule has 1 heterocycles. The summed E-state index contributed by atoms with van der Waals surface area (Å²) in [7, 11) is 7.96. The Morgan fingerprint density at radius 3 is 2.03 bits per heavy atom. The van der Waals surface area contributed by atoms with Crippen molar-refractivity contribution in [1.29, 1.82) is 0 Å². The van der Waals surface area contributed by atoms with E-state index in [-0.39, 0.29) is 17.9 Å². The van der Waals surface area contributed by atoms with Gasteiger partial charge in [0.25, 0.3) is 5.91 Å². The average Bonchev–Trinajstić information content (AvgIpc) is 3.17. The number of nitrogens with zero attached hydrogens (tertiary/aromatic N) is 1. The summed E-state index contributed by atoms with van der Waals surface area (Å²) in [6.45, 7) is 0. The van der Waals surface area contributed by atoms with Crippen LogP contribution in [0.3, 0.4) is 0 Å². The molecule has 1 aliphatic heterocycles. The van der Waals surface area contributed by atoms with Gasteiger partial charge in [-0.3, -0.25) is 9.59 Å². The number of amides is 2. The molecule has 1 fully saturated rings. The van der Waals surface area contributed by atoms with Gasteiger partial charge in [0.1, 0.15) is 0 Å². The normalized spacial score (nSPS) is 20.2. The van der Waals surface area contributed by atoms with Crippen molar-refractivity contribution >= 4 is 11.8 Å². The maximum Gasteiger partial charge on any atom is 0.254 e. The molecule has 4 rings (SSSR count). The summed E-state index contributed by atoms with van der Waals surface area (Å²) in [6, 6.07) is 8.54. The second-order valence-corrected chi connectivity index (χ2v) is 9.44. The van der Waals surface area contributed by atoms with Crippen LogP contribution in [-0.4, -0.2) is 58.2 Å². The Morgan fingerprint density at radius 2 is 1.42 bits per heavy atom. The fourth-order valence-corrected chi connectivity index (χ4v) is 5.50. The summed E-state index contributed by atoms with van der Waals surface area (Å²) in [5.41, 5.74) is 1.85. The first kappa shape index (κ1) is 25.7. The molecule has 36 heavy (non-hydrogen) atoms. The maximum atomic E-state index is 14.0. The van der Waals surface area contributed by atoms with Crippen molar-refractivity contribution in [2.45, 2.75) is 56.5 Å². The van der Waals surface area contributed by atoms with Crippen LogP contribution in [0.4, 0.5) is 0 Å². The fourth-order valence-electron chi connectivity index (χ4n) is 5.50. The number of fused-ring (bicyclic) bond motifs is 1. The molecule has 2 aromatic rings. The number of benzene rings is 2. The minimum atomic E-state index is -0.649. The molecule has 1 saturated carbocycles. The number of carbonyl (C=O) groups is 2. The number of nitrogens with one attached hydrogen (secondary N) is 1. The number of likely N-dealkylation sites (N-methyl/N-ethyl adjacent to an activating group) is 1. The lowest BCUT2D eigenvalue weighted by atomic mass is 9.79. The fraction of sp³-hybridized carbons (Fsp3) is 0.500. The number of methoxy groups -OCH3 is 4. The molecule has 1 aliphatic carbocycles. The molecule has 0 spiro atoms. The van der Waals surface area contributed by atoms with Crippen LogP contribution in [-0.2, 0) is 4.79 Å². The highest BCUT2D eigenvalue weighted by Crippen LogP contribution is 2.47. The molecule has 2 aliphatic rings. The summed E-state index contributed by atoms with van der Waals surface area (Å²) < 4.78 is 21.9. The Balaban J connectivity index is 1.84. The van der Waals surface area contributed by atoms with Gasteiger partial charge in [-0.2, -0.15) is 0 Å². The molecule has 0 saturated heterocycles. The maximum absolute atomic E-state index is 14.0. The van der Waals surface area contributed by atoms with Gasteiger partial charge in [0.15, 0.2) is 23.0 Å². The molecule has 0 unspecified atom stereocenters. The second kappa shape index (κ2) is 11.1. The number of carbonyl (C=O) groups excluding carboxylic acids is 2. The lowest BCUT2D eigenvalue weighted by Crippen LogP contribution is -2.47. The zero-order valence-electron chi connectivity index (χ0n) is 21.8. The number of hydrogen-bond donors (Lipinski definition) is 1. The van der Waals surface area contributed by atoms with Gasteiger partial charge in [-0.25, -0.2) is 0 Å². The van der Waals surface area contributed by atoms with Crippen LogP contribution in [0.1, 0.15) is 72.0 Å². The molecule has 8 nitrogen and oxygen atoms in total. The van der Waals surface area contributed by atoms with E-state index in [2.05, 4.69) is 5.32 Å². The Morgan fingerprint density at radius 1 is 0.833 bits per heavy atom. The van der Waals surface area contributed by atoms with Crippen molar-refractivity contribution in [1.82, 2.24) is 10.2 Å². The zero-order valence-corrected chi connectivity index (χ0v) is 21.8. The Kier molecular flexibility index (Phi) is 7.91. The van der Waals surface area contributed by atoms with E-state index in [1.165, 1.54) is 20.0 Å². The average molecular weight is 497 g/mol. The smallest absolute Gasteiger partial charge is 0.254 e. The molecule has 194 valence electrons. The Labute approximate surface area is 212 Å². The van der Waals surface area contributed by atoms with Crippen LogP contribution in [0, 0.1) is 0 Å². The zero-order chi connectivity index (χ0) is 25.8. The van der Waals surface area contributed by atoms with E-state index in [1.54, 1.807) is 51.5 Å². The van der Waals surface area contributed by atoms with E-state index in [1.807, 2.05) is 12.1 Å². The first-order chi connectivity index (χ1) is 17.4. The highest BCUT2D eigenvalue weighted by atomic mass is 16.5. The van der Waals surface area contributed by atoms with E-state index < -0.39 is 12.0 Å². The monoisotopic (exact) mass is 496 g/mol. The molecule has 2 aromatic carbocycles. The molecule has 8 heteroatoms. The van der Waals surface area contributed by atoms with Crippen LogP contribution in [0.25, 0.3) is 0 Å². The lowest BCUT2D eigenvalue weighted by molar-refractivity contribution is -0.125. The molecule has 0 bridgehead atoms. The van der Waals surface area contributed by atoms with Crippen molar-refractivity contribution < 1.29 is 28.5 Å². The summed E-state index contributed by atoms with van der Waals surface area (Å²) >= 11 is 0. The topological polar surface area (TPSA) is 86.3 Å². The number of hydrogen-bond acceptors (Lipinski definition) is 6. The van der Waals surface area contributed by atoms with Gasteiger partial charge in [-0.05, 0) is 48.2 Å². The van der Waals surface area contributed by atoms with E-state index in [0.29, 0.717) is 34.1 Å². The van der Waals surface area contributed by atoms with Crippen LogP contribution in [0.15, 0.2) is 30.3 Å². The third kappa shape index (κ3) is 4.81. The Bertz CT molecular complexity index is 1110. The van der Waals surface area contributed by atoms with E-state index in [9.17, 15) is 9.59 Å². The van der Waals surface area contributed by atoms with Gasteiger partial charge < -0.3 is 29.2 Å². The highest BCUT2D eigenvalue weighted by Gasteiger charge is 2.44. The van der Waals surface area contributed by atoms with Gasteiger partial charge in [0, 0.05) is 18.7 Å². The molecule has 2 atom stereocenters. The minimum Gasteiger partial charge on any atom is -0.493 e. The number of rotatable bonds is 7. The van der Waals surface area contributed by atoms with Gasteiger partial charge in [0.05, 0.1) is 40.4 Å². The second-order valence-electron chi connectivity index (χ2n) is 9.44. The molecule has 0 aromatic heterocycles. The molecular weight excluding hydrogens is 460 g/mol. The quantitative estimate of drug-likeness (QED) is 0.569. The van der Waals surface area contributed by atoms with Gasteiger partial charge >= 0.3 is 0 Å². The Hall–Kier alpha value is -3.42. The van der Waals surface area contributed by atoms with E-state index in [4.69, 9.17) is 18.9 Å². The van der Waals surface area contributed by atoms with Crippen LogP contribution < -0.4 is 24.3 Å². The number of ether oxygens (including phenoxy) is 4. The SMILES string of the molecule is COc1ccc([C@H]2[C@@H](C(=O)NC3CCCCCC3)c3cc(OC)c(OC)cc3C(=O)N2C)cc1OC. The van der Waals surface area contributed by atoms with E-state index in [0.717, 1.165) is 31.2 Å². The third-order valence-electron chi connectivity index (χ3n) is 7.41. The van der Waals surface area contributed by atoms with Crippen LogP contribution in [0.2, 0.25) is 0 Å². The lowest BCUT2D eigenvalue weighted by Gasteiger charge is -2.40. The standard InChI is InChI=1S/C28H36N2O6/c1-30-26(17-12-13-21(33-2)22(14-17)34-3)25(27(31)29-18-10-8-6-7-9-11-18)19-15-23(35-4)24(36-5)16-20(19)28(30)32/h12-16,18,25-26H,6-11H2,1-5H3,(H,29,31)/t25-,26-/m0/s1. The van der Waals surface area contributed by atoms with Gasteiger partial charge in [-0.1, -0.05) is 31.7 Å². The van der Waals surface area contributed by atoms with Gasteiger partial charge in [0.2, 0.25) is 5.91 Å². The first-order valence-corrected chi connectivity index (χ1v) is 12.5. The minimum absolute atomic E-state index is 0.102. The predicted octanol–water partition coefficient (Wildman–Crippen LogP) is 4.47. The van der Waals surface area contributed by atoms with Gasteiger partial charge in [-0.15, -0.1) is 0 Å². The van der Waals surface area contributed by atoms with Crippen molar-refractivity contribution in [3.63, 3.8) is 0 Å². The molecule has 0 radical (unpaired) electrons. The van der Waals surface area contributed by atoms with Crippen LogP contribution >= 0.6 is 0 Å². The third-order valence-corrected chi connectivity index (χ3v) is 7.41. The van der Waals surface area contributed by atoms with E-state index >= 15 is 0 Å². The van der Waals surface area contributed by atoms with Crippen molar-refractivity contribution in [3.05, 3.63) is 47.0 Å². The molecule has 1 N–H and O–H groups in total. The predicted molar refractivity (Wildman–Crippen MR) is 136 cm³/mol. The summed E-state index contributed by atoms with van der Waals surface area (Å²) in [6.07, 6.45) is 6.53.